The van der Waals surface area contributed by atoms with Crippen LogP contribution in [0.25, 0.3) is 0 Å². The molecule has 1 aliphatic rings. The molecule has 1 saturated heterocycles. The summed E-state index contributed by atoms with van der Waals surface area (Å²) in [4.78, 5) is 27.0. The van der Waals surface area contributed by atoms with E-state index in [1.54, 1.807) is 55.4 Å². The Morgan fingerprint density at radius 1 is 0.872 bits per heavy atom. The summed E-state index contributed by atoms with van der Waals surface area (Å²) in [7, 11) is 0. The minimum absolute atomic E-state index is 0.176. The van der Waals surface area contributed by atoms with Gasteiger partial charge in [-0.3, -0.25) is 15.6 Å². The van der Waals surface area contributed by atoms with E-state index in [2.05, 4.69) is 18.3 Å². The number of hydrogen-bond acceptors (Lipinski definition) is 6. The molecule has 0 spiro atoms. The van der Waals surface area contributed by atoms with Crippen molar-refractivity contribution in [1.29, 1.82) is 5.41 Å². The summed E-state index contributed by atoms with van der Waals surface area (Å²) in [6.07, 6.45) is 17.1. The molecule has 0 aromatic heterocycles. The van der Waals surface area contributed by atoms with Gasteiger partial charge in [0, 0.05) is 0 Å². The number of hydrogen-bond donors (Lipinski definition) is 2. The predicted octanol–water partition coefficient (Wildman–Crippen LogP) is 8.49. The first kappa shape index (κ1) is 34.9. The quantitative estimate of drug-likeness (QED) is 0.0975. The van der Waals surface area contributed by atoms with Gasteiger partial charge < -0.3 is 14.2 Å². The topological polar surface area (TPSA) is 101 Å². The van der Waals surface area contributed by atoms with Crippen LogP contribution in [-0.2, 0) is 14.2 Å². The van der Waals surface area contributed by atoms with E-state index in [1.807, 2.05) is 6.08 Å². The van der Waals surface area contributed by atoms with Gasteiger partial charge >= 0.3 is 12.2 Å². The molecule has 1 fully saturated rings. The van der Waals surface area contributed by atoms with Crippen molar-refractivity contribution in [3.63, 3.8) is 0 Å². The summed E-state index contributed by atoms with van der Waals surface area (Å²) in [5.41, 5.74) is -2.48. The summed E-state index contributed by atoms with van der Waals surface area (Å²) < 4.78 is 17.2. The Hall–Kier alpha value is -2.09. The van der Waals surface area contributed by atoms with Crippen LogP contribution in [-0.4, -0.2) is 52.0 Å². The number of allylic oxidation sites excluding steroid dienone is 1. The number of carbonyl (C=O) groups is 2. The second kappa shape index (κ2) is 16.2. The zero-order valence-electron chi connectivity index (χ0n) is 26.3. The summed E-state index contributed by atoms with van der Waals surface area (Å²) in [5, 5.41) is 11.2. The standard InChI is InChI=1S/C31H57N3O5/c1-10-11-12-13-14-15-16-17-18-19-20-21-22-23-24-25(26(32)33-27(35)38-29(2,3)4)34(31(8,9)37-24)28(36)39-30(5,6)7/h22-25H,10-21H2,1-9H3,(H2,32,33,35). The maximum absolute atomic E-state index is 13.2. The molecule has 0 bridgehead atoms. The van der Waals surface area contributed by atoms with Crippen LogP contribution in [0.15, 0.2) is 12.2 Å². The Morgan fingerprint density at radius 2 is 1.36 bits per heavy atom. The molecule has 226 valence electrons. The number of carbonyl (C=O) groups excluding carboxylic acids is 2. The summed E-state index contributed by atoms with van der Waals surface area (Å²) in [5.74, 6) is -0.176. The lowest BCUT2D eigenvalue weighted by atomic mass is 10.0. The minimum atomic E-state index is -1.04. The Morgan fingerprint density at radius 3 is 1.85 bits per heavy atom. The maximum Gasteiger partial charge on any atom is 0.413 e. The first-order valence-electron chi connectivity index (χ1n) is 15.0. The molecule has 0 saturated carbocycles. The molecule has 8 nitrogen and oxygen atoms in total. The molecule has 2 N–H and O–H groups in total. The molecule has 2 unspecified atom stereocenters. The smallest absolute Gasteiger partial charge is 0.413 e. The molecule has 8 heteroatoms. The number of nitrogens with zero attached hydrogens (tertiary/aromatic N) is 1. The van der Waals surface area contributed by atoms with Crippen molar-refractivity contribution in [2.24, 2.45) is 0 Å². The van der Waals surface area contributed by atoms with Crippen LogP contribution in [0.3, 0.4) is 0 Å². The van der Waals surface area contributed by atoms with Gasteiger partial charge in [0.25, 0.3) is 0 Å². The SMILES string of the molecule is CCCCCCCCCCCCCC=CC1OC(C)(C)N(C(=O)OC(C)(C)C)C1C(=N)NC(=O)OC(C)(C)C. The first-order valence-corrected chi connectivity index (χ1v) is 15.0. The van der Waals surface area contributed by atoms with Gasteiger partial charge in [0.2, 0.25) is 0 Å². The summed E-state index contributed by atoms with van der Waals surface area (Å²) >= 11 is 0. The zero-order chi connectivity index (χ0) is 29.7. The highest BCUT2D eigenvalue weighted by molar-refractivity contribution is 5.99. The van der Waals surface area contributed by atoms with E-state index in [-0.39, 0.29) is 5.84 Å². The van der Waals surface area contributed by atoms with Gasteiger partial charge in [-0.2, -0.15) is 0 Å². The fraction of sp³-hybridized carbons (Fsp3) is 0.839. The largest absolute Gasteiger partial charge is 0.444 e. The van der Waals surface area contributed by atoms with Crippen LogP contribution >= 0.6 is 0 Å². The van der Waals surface area contributed by atoms with Crippen LogP contribution in [0, 0.1) is 5.41 Å². The zero-order valence-corrected chi connectivity index (χ0v) is 26.3. The van der Waals surface area contributed by atoms with Gasteiger partial charge in [0.05, 0.1) is 0 Å². The van der Waals surface area contributed by atoms with Crippen molar-refractivity contribution in [2.45, 2.75) is 168 Å². The lowest BCUT2D eigenvalue weighted by Crippen LogP contribution is -2.56. The van der Waals surface area contributed by atoms with Gasteiger partial charge in [-0.1, -0.05) is 83.3 Å². The van der Waals surface area contributed by atoms with Crippen molar-refractivity contribution in [1.82, 2.24) is 10.2 Å². The minimum Gasteiger partial charge on any atom is -0.444 e. The predicted molar refractivity (Wildman–Crippen MR) is 158 cm³/mol. The molecule has 1 rings (SSSR count). The monoisotopic (exact) mass is 551 g/mol. The second-order valence-corrected chi connectivity index (χ2v) is 13.1. The molecule has 1 aliphatic heterocycles. The van der Waals surface area contributed by atoms with E-state index in [0.717, 1.165) is 12.8 Å². The van der Waals surface area contributed by atoms with Crippen LogP contribution < -0.4 is 5.32 Å². The highest BCUT2D eigenvalue weighted by atomic mass is 16.6. The highest BCUT2D eigenvalue weighted by Crippen LogP contribution is 2.35. The molecular weight excluding hydrogens is 494 g/mol. The molecular formula is C31H57N3O5. The number of amides is 2. The van der Waals surface area contributed by atoms with E-state index in [0.29, 0.717) is 0 Å². The molecule has 39 heavy (non-hydrogen) atoms. The van der Waals surface area contributed by atoms with E-state index in [4.69, 9.17) is 19.6 Å². The van der Waals surface area contributed by atoms with Gasteiger partial charge in [0.1, 0.15) is 34.9 Å². The maximum atomic E-state index is 13.2. The fourth-order valence-electron chi connectivity index (χ4n) is 4.66. The van der Waals surface area contributed by atoms with Crippen LogP contribution in [0.5, 0.6) is 0 Å². The van der Waals surface area contributed by atoms with Crippen molar-refractivity contribution in [2.75, 3.05) is 0 Å². The number of nitrogens with one attached hydrogen (secondary N) is 2. The third-order valence-electron chi connectivity index (χ3n) is 6.42. The van der Waals surface area contributed by atoms with Gasteiger partial charge in [0.15, 0.2) is 0 Å². The van der Waals surface area contributed by atoms with E-state index in [9.17, 15) is 9.59 Å². The molecule has 2 atom stereocenters. The molecule has 0 aromatic rings. The third kappa shape index (κ3) is 14.2. The molecule has 2 amide bonds. The Bertz CT molecular complexity index is 795. The number of rotatable bonds is 14. The average Bonchev–Trinajstić information content (AvgIpc) is 3.04. The summed E-state index contributed by atoms with van der Waals surface area (Å²) in [6, 6.07) is -0.865. The van der Waals surface area contributed by atoms with Gasteiger partial charge in [-0.05, 0) is 68.2 Å². The van der Waals surface area contributed by atoms with Crippen LogP contribution in [0.2, 0.25) is 0 Å². The van der Waals surface area contributed by atoms with Crippen molar-refractivity contribution in [3.8, 4) is 0 Å². The third-order valence-corrected chi connectivity index (χ3v) is 6.42. The lowest BCUT2D eigenvalue weighted by Gasteiger charge is -2.35. The Balaban J connectivity index is 2.73. The molecule has 0 aliphatic carbocycles. The van der Waals surface area contributed by atoms with Gasteiger partial charge in [-0.15, -0.1) is 0 Å². The second-order valence-electron chi connectivity index (χ2n) is 13.1. The van der Waals surface area contributed by atoms with E-state index >= 15 is 0 Å². The Kier molecular flexibility index (Phi) is 14.5. The van der Waals surface area contributed by atoms with Crippen LogP contribution in [0.1, 0.15) is 139 Å². The fourth-order valence-corrected chi connectivity index (χ4v) is 4.66. The molecule has 0 radical (unpaired) electrons. The van der Waals surface area contributed by atoms with Crippen molar-refractivity contribution in [3.05, 3.63) is 12.2 Å². The number of amidine groups is 1. The van der Waals surface area contributed by atoms with Crippen molar-refractivity contribution < 1.29 is 23.8 Å². The summed E-state index contributed by atoms with van der Waals surface area (Å²) in [6.45, 7) is 16.4. The average molecular weight is 552 g/mol. The number of alkyl carbamates (subject to hydrolysis) is 1. The number of ether oxygens (including phenoxy) is 3. The molecule has 1 heterocycles. The number of unbranched alkanes of at least 4 members (excludes halogenated alkanes) is 11. The van der Waals surface area contributed by atoms with E-state index in [1.165, 1.54) is 69.1 Å². The normalized spacial score (nSPS) is 19.4. The first-order chi connectivity index (χ1) is 18.1. The van der Waals surface area contributed by atoms with Crippen LogP contribution in [0.4, 0.5) is 9.59 Å². The van der Waals surface area contributed by atoms with Gasteiger partial charge in [-0.25, -0.2) is 9.59 Å². The Labute approximate surface area is 238 Å². The van der Waals surface area contributed by atoms with E-state index < -0.39 is 41.3 Å². The lowest BCUT2D eigenvalue weighted by molar-refractivity contribution is -0.0707. The molecule has 0 aromatic carbocycles. The highest BCUT2D eigenvalue weighted by Gasteiger charge is 2.52. The van der Waals surface area contributed by atoms with Crippen molar-refractivity contribution >= 4 is 18.0 Å².